The van der Waals surface area contributed by atoms with Crippen molar-refractivity contribution in [1.82, 2.24) is 7.44 Å². The summed E-state index contributed by atoms with van der Waals surface area (Å²) >= 11 is -2.70. The van der Waals surface area contributed by atoms with Crippen LogP contribution < -0.4 is 7.44 Å². The molecule has 0 aromatic carbocycles. The molecule has 14 heavy (non-hydrogen) atoms. The first-order valence-electron chi connectivity index (χ1n) is 5.77. The molecule has 0 heterocycles. The molecule has 0 aromatic rings. The van der Waals surface area contributed by atoms with Crippen LogP contribution in [0.25, 0.3) is 0 Å². The van der Waals surface area contributed by atoms with Crippen LogP contribution in [0, 0.1) is 0 Å². The molecule has 0 atom stereocenters. The first-order valence-corrected chi connectivity index (χ1v) is 12.6. The van der Waals surface area contributed by atoms with E-state index >= 15 is 0 Å². The Labute approximate surface area is 91.8 Å². The zero-order valence-electron chi connectivity index (χ0n) is 11.1. The van der Waals surface area contributed by atoms with Gasteiger partial charge in [-0.1, -0.05) is 0 Å². The molecule has 0 spiro atoms. The van der Waals surface area contributed by atoms with E-state index in [1.165, 1.54) is 13.9 Å². The van der Waals surface area contributed by atoms with E-state index in [0.717, 1.165) is 0 Å². The molecule has 0 radical (unpaired) electrons. The molecule has 0 fully saturated rings. The molecule has 0 bridgehead atoms. The standard InChI is InChI=1S/C4H10N.3C2H5.CH4N.Nb/c1-4(2,3)5;4*1-2;/h5H,1-3H3;3*1H2,2H3;2H,1H3;/q-1;;;;-1;+2. The normalized spacial score (nSPS) is 16.4. The van der Waals surface area contributed by atoms with Gasteiger partial charge in [-0.2, -0.15) is 0 Å². The van der Waals surface area contributed by atoms with Gasteiger partial charge in [-0.05, 0) is 0 Å². The van der Waals surface area contributed by atoms with E-state index in [4.69, 9.17) is 0 Å². The van der Waals surface area contributed by atoms with Gasteiger partial charge in [0.05, 0.1) is 0 Å². The molecule has 0 aromatic heterocycles. The predicted octanol–water partition coefficient (Wildman–Crippen LogP) is 3.43. The monoisotopic (exact) mass is 282 g/mol. The van der Waals surface area contributed by atoms with E-state index in [2.05, 4.69) is 56.0 Å². The van der Waals surface area contributed by atoms with E-state index in [9.17, 15) is 0 Å². The van der Waals surface area contributed by atoms with Crippen molar-refractivity contribution in [2.75, 3.05) is 7.05 Å². The maximum atomic E-state index is 3.97. The van der Waals surface area contributed by atoms with Gasteiger partial charge in [0.15, 0.2) is 0 Å². The zero-order chi connectivity index (χ0) is 11.5. The third-order valence-electron chi connectivity index (χ3n) is 3.50. The second-order valence-electron chi connectivity index (χ2n) is 5.27. The van der Waals surface area contributed by atoms with Crippen molar-refractivity contribution in [1.29, 1.82) is 0 Å². The molecule has 0 saturated heterocycles. The van der Waals surface area contributed by atoms with E-state index in [0.29, 0.717) is 0 Å². The van der Waals surface area contributed by atoms with Crippen molar-refractivity contribution in [3.05, 3.63) is 0 Å². The summed E-state index contributed by atoms with van der Waals surface area (Å²) < 4.78 is 11.6. The van der Waals surface area contributed by atoms with Crippen molar-refractivity contribution in [3.63, 3.8) is 0 Å². The summed E-state index contributed by atoms with van der Waals surface area (Å²) in [5.74, 6) is 0. The van der Waals surface area contributed by atoms with Gasteiger partial charge in [0.1, 0.15) is 0 Å². The molecule has 3 heteroatoms. The van der Waals surface area contributed by atoms with Gasteiger partial charge < -0.3 is 0 Å². The van der Waals surface area contributed by atoms with Crippen LogP contribution in [0.1, 0.15) is 41.5 Å². The minimum absolute atomic E-state index is 0.229. The first kappa shape index (κ1) is 14.7. The van der Waals surface area contributed by atoms with Crippen molar-refractivity contribution < 1.29 is 16.3 Å². The Bertz CT molecular complexity index is 157. The summed E-state index contributed by atoms with van der Waals surface area (Å²) in [4.78, 5) is 0. The molecular weight excluding hydrogens is 253 g/mol. The Morgan fingerprint density at radius 3 is 1.36 bits per heavy atom. The Morgan fingerprint density at radius 1 is 0.929 bits per heavy atom. The van der Waals surface area contributed by atoms with Crippen LogP contribution in [-0.4, -0.2) is 12.6 Å². The Morgan fingerprint density at radius 2 is 1.29 bits per heavy atom. The average molecular weight is 282 g/mol. The molecule has 2 N–H and O–H groups in total. The summed E-state index contributed by atoms with van der Waals surface area (Å²) in [6.45, 7) is 13.8. The van der Waals surface area contributed by atoms with Crippen LogP contribution >= 0.6 is 0 Å². The van der Waals surface area contributed by atoms with Gasteiger partial charge in [0, 0.05) is 0 Å². The Hall–Kier alpha value is 0.660. The maximum absolute atomic E-state index is 3.97. The fourth-order valence-corrected chi connectivity index (χ4v) is 13.7. The fraction of sp³-hybridized carbons (Fsp3) is 1.00. The third-order valence-corrected chi connectivity index (χ3v) is 20.7. The molecular formula is C11H29N2Nb. The van der Waals surface area contributed by atoms with Gasteiger partial charge in [-0.15, -0.1) is 0 Å². The quantitative estimate of drug-likeness (QED) is 0.755. The number of hydrogen-bond donors (Lipinski definition) is 2. The molecule has 0 aliphatic carbocycles. The van der Waals surface area contributed by atoms with Crippen LogP contribution in [0.15, 0.2) is 0 Å². The Balaban J connectivity index is 5.04. The summed E-state index contributed by atoms with van der Waals surface area (Å²) in [5, 5.41) is 0. The topological polar surface area (TPSA) is 24.1 Å². The van der Waals surface area contributed by atoms with E-state index in [1.807, 2.05) is 0 Å². The molecule has 2 nitrogen and oxygen atoms in total. The summed E-state index contributed by atoms with van der Waals surface area (Å²) in [6.07, 6.45) is 0. The first-order chi connectivity index (χ1) is 6.26. The summed E-state index contributed by atoms with van der Waals surface area (Å²) in [6, 6.07) is 0. The summed E-state index contributed by atoms with van der Waals surface area (Å²) in [7, 11) is 2.15. The van der Waals surface area contributed by atoms with Crippen LogP contribution in [0.3, 0.4) is 0 Å². The van der Waals surface area contributed by atoms with Crippen molar-refractivity contribution >= 4 is 0 Å². The predicted molar refractivity (Wildman–Crippen MR) is 63.4 cm³/mol. The fourth-order valence-electron chi connectivity index (χ4n) is 2.32. The van der Waals surface area contributed by atoms with Crippen LogP contribution in [0.2, 0.25) is 13.9 Å². The minimum atomic E-state index is -2.70. The van der Waals surface area contributed by atoms with Gasteiger partial charge in [-0.25, -0.2) is 0 Å². The zero-order valence-corrected chi connectivity index (χ0v) is 13.3. The van der Waals surface area contributed by atoms with E-state index in [-0.39, 0.29) is 5.54 Å². The Kier molecular flexibility index (Phi) is 4.89. The SMILES string of the molecule is C[CH2][Nb]([CH2]C)([CH2]C)([NH]C)[NH]C(C)(C)C. The molecule has 0 aliphatic heterocycles. The molecule has 88 valence electrons. The van der Waals surface area contributed by atoms with Crippen molar-refractivity contribution in [2.24, 2.45) is 0 Å². The second kappa shape index (κ2) is 4.67. The third kappa shape index (κ3) is 3.07. The average Bonchev–Trinajstić information content (AvgIpc) is 2.14. The molecule has 0 rings (SSSR count). The number of hydrogen-bond acceptors (Lipinski definition) is 2. The summed E-state index contributed by atoms with van der Waals surface area (Å²) in [5.41, 5.74) is 0.229. The van der Waals surface area contributed by atoms with E-state index in [1.54, 1.807) is 0 Å². The van der Waals surface area contributed by atoms with Gasteiger partial charge >= 0.3 is 91.8 Å². The van der Waals surface area contributed by atoms with Crippen molar-refractivity contribution in [3.8, 4) is 0 Å². The number of rotatable bonds is 5. The van der Waals surface area contributed by atoms with Gasteiger partial charge in [-0.3, -0.25) is 0 Å². The van der Waals surface area contributed by atoms with Gasteiger partial charge in [0.25, 0.3) is 0 Å². The van der Waals surface area contributed by atoms with Crippen LogP contribution in [-0.2, 0) is 16.3 Å². The van der Waals surface area contributed by atoms with Crippen molar-refractivity contribution in [2.45, 2.75) is 61.0 Å². The van der Waals surface area contributed by atoms with Crippen LogP contribution in [0.4, 0.5) is 0 Å². The van der Waals surface area contributed by atoms with E-state index < -0.39 is 16.3 Å². The second-order valence-corrected chi connectivity index (χ2v) is 20.1. The van der Waals surface area contributed by atoms with Crippen LogP contribution in [0.5, 0.6) is 0 Å². The number of nitrogens with one attached hydrogen (secondary N) is 2. The van der Waals surface area contributed by atoms with Gasteiger partial charge in [0.2, 0.25) is 0 Å². The molecule has 0 aliphatic rings. The molecule has 0 unspecified atom stereocenters. The molecule has 0 saturated carbocycles. The molecule has 0 amide bonds.